The Labute approximate surface area is 148 Å². The van der Waals surface area contributed by atoms with Gasteiger partial charge in [0.1, 0.15) is 12.2 Å². The number of nitrogens with zero attached hydrogens (tertiary/aromatic N) is 2. The summed E-state index contributed by atoms with van der Waals surface area (Å²) >= 11 is 3.61. The minimum atomic E-state index is -0.125. The third-order valence-electron chi connectivity index (χ3n) is 3.78. The monoisotopic (exact) mass is 387 g/mol. The standard InChI is InChI=1S/C18H18BrN3O2/c1-3-24-18-14(8-6-10-20-18)21-16(23)11-22-12(2)17(19)13-7-4-5-9-15(13)22/h4-10H,3,11H2,1-2H3,(H,21,23). The van der Waals surface area contributed by atoms with Crippen molar-refractivity contribution in [2.45, 2.75) is 20.4 Å². The first-order chi connectivity index (χ1) is 11.6. The van der Waals surface area contributed by atoms with Crippen LogP contribution in [0.15, 0.2) is 47.1 Å². The number of rotatable bonds is 5. The average molecular weight is 388 g/mol. The maximum Gasteiger partial charge on any atom is 0.244 e. The number of hydrogen-bond donors (Lipinski definition) is 1. The number of halogens is 1. The van der Waals surface area contributed by atoms with Crippen molar-refractivity contribution in [3.63, 3.8) is 0 Å². The topological polar surface area (TPSA) is 56.1 Å². The van der Waals surface area contributed by atoms with Crippen LogP contribution < -0.4 is 10.1 Å². The van der Waals surface area contributed by atoms with Crippen LogP contribution in [0.4, 0.5) is 5.69 Å². The van der Waals surface area contributed by atoms with Crippen molar-refractivity contribution in [2.75, 3.05) is 11.9 Å². The molecule has 0 aliphatic carbocycles. The summed E-state index contributed by atoms with van der Waals surface area (Å²) in [5, 5.41) is 3.98. The van der Waals surface area contributed by atoms with Gasteiger partial charge in [0, 0.05) is 27.3 Å². The summed E-state index contributed by atoms with van der Waals surface area (Å²) in [5.41, 5.74) is 2.62. The molecule has 3 rings (SSSR count). The molecule has 1 amide bonds. The van der Waals surface area contributed by atoms with Gasteiger partial charge in [0.15, 0.2) is 0 Å². The molecular weight excluding hydrogens is 370 g/mol. The molecule has 0 unspecified atom stereocenters. The van der Waals surface area contributed by atoms with E-state index < -0.39 is 0 Å². The van der Waals surface area contributed by atoms with Crippen molar-refractivity contribution in [3.8, 4) is 5.88 Å². The molecular formula is C18H18BrN3O2. The van der Waals surface area contributed by atoms with E-state index in [0.29, 0.717) is 18.2 Å². The van der Waals surface area contributed by atoms with Crippen molar-refractivity contribution < 1.29 is 9.53 Å². The number of para-hydroxylation sites is 1. The van der Waals surface area contributed by atoms with Crippen LogP contribution in [0.1, 0.15) is 12.6 Å². The van der Waals surface area contributed by atoms with Gasteiger partial charge in [0.2, 0.25) is 11.8 Å². The lowest BCUT2D eigenvalue weighted by molar-refractivity contribution is -0.116. The van der Waals surface area contributed by atoms with Gasteiger partial charge in [-0.1, -0.05) is 18.2 Å². The van der Waals surface area contributed by atoms with Crippen LogP contribution >= 0.6 is 15.9 Å². The molecule has 6 heteroatoms. The second-order valence-electron chi connectivity index (χ2n) is 5.34. The summed E-state index contributed by atoms with van der Waals surface area (Å²) in [6.45, 7) is 4.59. The first-order valence-electron chi connectivity index (χ1n) is 7.72. The quantitative estimate of drug-likeness (QED) is 0.715. The van der Waals surface area contributed by atoms with Gasteiger partial charge in [0.05, 0.1) is 6.61 Å². The summed E-state index contributed by atoms with van der Waals surface area (Å²) in [4.78, 5) is 16.7. The molecule has 0 saturated heterocycles. The normalized spacial score (nSPS) is 10.8. The van der Waals surface area contributed by atoms with Crippen molar-refractivity contribution >= 4 is 38.4 Å². The molecule has 0 radical (unpaired) electrons. The molecule has 0 spiro atoms. The number of benzene rings is 1. The summed E-state index contributed by atoms with van der Waals surface area (Å²) in [7, 11) is 0. The molecule has 2 aromatic heterocycles. The third kappa shape index (κ3) is 3.14. The van der Waals surface area contributed by atoms with Gasteiger partial charge in [-0.25, -0.2) is 4.98 Å². The molecule has 0 saturated carbocycles. The maximum absolute atomic E-state index is 12.5. The highest BCUT2D eigenvalue weighted by molar-refractivity contribution is 9.10. The van der Waals surface area contributed by atoms with Gasteiger partial charge in [-0.3, -0.25) is 4.79 Å². The predicted octanol–water partition coefficient (Wildman–Crippen LogP) is 4.14. The van der Waals surface area contributed by atoms with Crippen molar-refractivity contribution in [3.05, 3.63) is 52.8 Å². The van der Waals surface area contributed by atoms with Gasteiger partial charge in [-0.15, -0.1) is 0 Å². The summed E-state index contributed by atoms with van der Waals surface area (Å²) in [6.07, 6.45) is 1.64. The maximum atomic E-state index is 12.5. The first-order valence-corrected chi connectivity index (χ1v) is 8.52. The fourth-order valence-corrected chi connectivity index (χ4v) is 3.21. The van der Waals surface area contributed by atoms with Crippen LogP contribution in [-0.2, 0) is 11.3 Å². The van der Waals surface area contributed by atoms with E-state index in [1.54, 1.807) is 18.3 Å². The number of nitrogens with one attached hydrogen (secondary N) is 1. The lowest BCUT2D eigenvalue weighted by atomic mass is 10.2. The zero-order valence-corrected chi connectivity index (χ0v) is 15.1. The van der Waals surface area contributed by atoms with Gasteiger partial charge in [0.25, 0.3) is 0 Å². The fraction of sp³-hybridized carbons (Fsp3) is 0.222. The van der Waals surface area contributed by atoms with E-state index in [1.165, 1.54) is 0 Å². The Kier molecular flexibility index (Phi) is 4.85. The highest BCUT2D eigenvalue weighted by atomic mass is 79.9. The Balaban J connectivity index is 1.85. The molecule has 5 nitrogen and oxygen atoms in total. The number of carbonyl (C=O) groups excluding carboxylic acids is 1. The smallest absolute Gasteiger partial charge is 0.244 e. The second kappa shape index (κ2) is 7.05. The minimum Gasteiger partial charge on any atom is -0.476 e. The zero-order chi connectivity index (χ0) is 17.1. The largest absolute Gasteiger partial charge is 0.476 e. The number of fused-ring (bicyclic) bond motifs is 1. The lowest BCUT2D eigenvalue weighted by Crippen LogP contribution is -2.20. The molecule has 1 N–H and O–H groups in total. The van der Waals surface area contributed by atoms with Crippen LogP contribution in [0.5, 0.6) is 5.88 Å². The van der Waals surface area contributed by atoms with Crippen molar-refractivity contribution in [1.82, 2.24) is 9.55 Å². The van der Waals surface area contributed by atoms with Crippen LogP contribution in [0, 0.1) is 6.92 Å². The Bertz CT molecular complexity index is 889. The van der Waals surface area contributed by atoms with Gasteiger partial charge >= 0.3 is 0 Å². The SMILES string of the molecule is CCOc1ncccc1NC(=O)Cn1c(C)c(Br)c2ccccc21. The number of hydrogen-bond acceptors (Lipinski definition) is 3. The summed E-state index contributed by atoms with van der Waals surface area (Å²) in [6, 6.07) is 11.6. The van der Waals surface area contributed by atoms with Gasteiger partial charge in [-0.2, -0.15) is 0 Å². The summed E-state index contributed by atoms with van der Waals surface area (Å²) < 4.78 is 8.45. The van der Waals surface area contributed by atoms with Crippen molar-refractivity contribution in [1.29, 1.82) is 0 Å². The van der Waals surface area contributed by atoms with E-state index in [2.05, 4.69) is 26.2 Å². The Morgan fingerprint density at radius 3 is 2.88 bits per heavy atom. The first kappa shape index (κ1) is 16.5. The number of amides is 1. The van der Waals surface area contributed by atoms with E-state index in [0.717, 1.165) is 21.1 Å². The fourth-order valence-electron chi connectivity index (χ4n) is 2.66. The van der Waals surface area contributed by atoms with E-state index in [1.807, 2.05) is 42.7 Å². The molecule has 3 aromatic rings. The molecule has 0 fully saturated rings. The molecule has 1 aromatic carbocycles. The number of carbonyl (C=O) groups is 1. The van der Waals surface area contributed by atoms with Crippen LogP contribution in [0.2, 0.25) is 0 Å². The van der Waals surface area contributed by atoms with Crippen LogP contribution in [0.25, 0.3) is 10.9 Å². The molecule has 2 heterocycles. The number of aromatic nitrogens is 2. The molecule has 0 atom stereocenters. The van der Waals surface area contributed by atoms with E-state index >= 15 is 0 Å². The zero-order valence-electron chi connectivity index (χ0n) is 13.5. The van der Waals surface area contributed by atoms with Crippen LogP contribution in [-0.4, -0.2) is 22.1 Å². The van der Waals surface area contributed by atoms with E-state index in [-0.39, 0.29) is 12.5 Å². The molecule has 0 aliphatic rings. The highest BCUT2D eigenvalue weighted by Crippen LogP contribution is 2.30. The molecule has 0 aliphatic heterocycles. The van der Waals surface area contributed by atoms with E-state index in [9.17, 15) is 4.79 Å². The minimum absolute atomic E-state index is 0.125. The summed E-state index contributed by atoms with van der Waals surface area (Å²) in [5.74, 6) is 0.309. The Morgan fingerprint density at radius 2 is 2.08 bits per heavy atom. The number of pyridine rings is 1. The predicted molar refractivity (Wildman–Crippen MR) is 98.4 cm³/mol. The van der Waals surface area contributed by atoms with Crippen LogP contribution in [0.3, 0.4) is 0 Å². The lowest BCUT2D eigenvalue weighted by Gasteiger charge is -2.12. The average Bonchev–Trinajstić information content (AvgIpc) is 2.82. The number of ether oxygens (including phenoxy) is 1. The van der Waals surface area contributed by atoms with Crippen molar-refractivity contribution in [2.24, 2.45) is 0 Å². The van der Waals surface area contributed by atoms with Gasteiger partial charge < -0.3 is 14.6 Å². The van der Waals surface area contributed by atoms with E-state index in [4.69, 9.17) is 4.74 Å². The Hall–Kier alpha value is -2.34. The number of anilines is 1. The molecule has 24 heavy (non-hydrogen) atoms. The molecule has 124 valence electrons. The van der Waals surface area contributed by atoms with Gasteiger partial charge in [-0.05, 0) is 48.0 Å². The Morgan fingerprint density at radius 1 is 1.29 bits per heavy atom. The highest BCUT2D eigenvalue weighted by Gasteiger charge is 2.15. The molecule has 0 bridgehead atoms. The second-order valence-corrected chi connectivity index (χ2v) is 6.13. The third-order valence-corrected chi connectivity index (χ3v) is 4.78.